The molecular weight excluding hydrogens is 805 g/mol. The van der Waals surface area contributed by atoms with Crippen molar-refractivity contribution in [2.24, 2.45) is 0 Å². The van der Waals surface area contributed by atoms with Gasteiger partial charge in [0, 0.05) is 43.7 Å². The van der Waals surface area contributed by atoms with Crippen molar-refractivity contribution in [2.45, 2.75) is 66.2 Å². The van der Waals surface area contributed by atoms with E-state index in [1.807, 2.05) is 0 Å². The summed E-state index contributed by atoms with van der Waals surface area (Å²) >= 11 is 0. The number of benzene rings is 10. The van der Waals surface area contributed by atoms with Crippen molar-refractivity contribution < 1.29 is 8.83 Å². The Hall–Kier alpha value is -7.56. The summed E-state index contributed by atoms with van der Waals surface area (Å²) in [5, 5.41) is 11.7. The predicted octanol–water partition coefficient (Wildman–Crippen LogP) is 18.5. The highest BCUT2D eigenvalue weighted by atomic mass is 16.3. The van der Waals surface area contributed by atoms with Gasteiger partial charge >= 0.3 is 0 Å². The number of furan rings is 2. The third-order valence-electron chi connectivity index (χ3n) is 14.0. The van der Waals surface area contributed by atoms with Crippen molar-refractivity contribution >= 4 is 110 Å². The molecule has 0 atom stereocenters. The Morgan fingerprint density at radius 1 is 0.348 bits per heavy atom. The van der Waals surface area contributed by atoms with Gasteiger partial charge in [0.15, 0.2) is 11.2 Å². The molecule has 0 saturated carbocycles. The Kier molecular flexibility index (Phi) is 8.77. The van der Waals surface area contributed by atoms with Crippen LogP contribution in [0.4, 0.5) is 34.1 Å². The maximum Gasteiger partial charge on any atom is 0.159 e. The maximum atomic E-state index is 6.85. The Balaban J connectivity index is 1.14. The smallest absolute Gasteiger partial charge is 0.159 e. The van der Waals surface area contributed by atoms with E-state index in [0.29, 0.717) is 0 Å². The molecule has 4 nitrogen and oxygen atoms in total. The quantitative estimate of drug-likeness (QED) is 0.156. The zero-order valence-electron chi connectivity index (χ0n) is 38.9. The molecule has 0 aliphatic heterocycles. The van der Waals surface area contributed by atoms with E-state index in [4.69, 9.17) is 8.83 Å². The minimum absolute atomic E-state index is 0.0136. The lowest BCUT2D eigenvalue weighted by molar-refractivity contribution is 0.590. The number of hydrogen-bond donors (Lipinski definition) is 0. The summed E-state index contributed by atoms with van der Waals surface area (Å²) in [5.41, 5.74) is 14.9. The van der Waals surface area contributed by atoms with Crippen LogP contribution in [-0.4, -0.2) is 0 Å². The Labute approximate surface area is 385 Å². The second-order valence-corrected chi connectivity index (χ2v) is 20.3. The SMILES string of the molecule is Cc1ccc2c(oc3ccccc32)c1N(c1ccc(C(C)(C)C)cc1)c1ccc2ccc3c(N(c4ccc(C(C)(C)C)cc4)c4c(C)ccc5c4oc4ccccc45)ccc4ccc1c2c43. The van der Waals surface area contributed by atoms with Crippen molar-refractivity contribution in [3.63, 3.8) is 0 Å². The number of nitrogens with zero attached hydrogens (tertiary/aromatic N) is 2. The highest BCUT2D eigenvalue weighted by molar-refractivity contribution is 6.29. The van der Waals surface area contributed by atoms with Crippen molar-refractivity contribution in [3.8, 4) is 0 Å². The first-order valence-corrected chi connectivity index (χ1v) is 23.2. The molecule has 0 amide bonds. The molecular formula is C62H52N2O2. The molecule has 0 saturated heterocycles. The first kappa shape index (κ1) is 40.0. The molecule has 4 heteroatoms. The molecule has 12 aromatic rings. The highest BCUT2D eigenvalue weighted by Gasteiger charge is 2.28. The standard InChI is InChI=1S/C62H52N2O2/c1-37-17-31-47-45-13-9-11-15-53(45)65-59(47)57(37)63(43-27-23-41(24-28-43)61(3,4)5)51-35-21-39-20-34-50-52(36-22-40-19-33-49(51)55(39)56(40)50)64(44-29-25-42(26-30-44)62(6,7)8)58-38(2)18-32-48-46-14-10-12-16-54(46)66-60(48)58/h9-36H,1-8H3. The zero-order chi connectivity index (χ0) is 45.2. The summed E-state index contributed by atoms with van der Waals surface area (Å²) in [7, 11) is 0. The Morgan fingerprint density at radius 3 is 1.11 bits per heavy atom. The van der Waals surface area contributed by atoms with Crippen LogP contribution in [0.25, 0.3) is 76.2 Å². The second kappa shape index (κ2) is 14.5. The number of aryl methyl sites for hydroxylation is 2. The van der Waals surface area contributed by atoms with E-state index < -0.39 is 0 Å². The normalized spacial score (nSPS) is 12.5. The van der Waals surface area contributed by atoms with Gasteiger partial charge in [0.2, 0.25) is 0 Å². The van der Waals surface area contributed by atoms with Crippen LogP contribution < -0.4 is 9.80 Å². The van der Waals surface area contributed by atoms with E-state index in [2.05, 4.69) is 235 Å². The van der Waals surface area contributed by atoms with Gasteiger partial charge in [-0.2, -0.15) is 0 Å². The van der Waals surface area contributed by atoms with Crippen LogP contribution in [-0.2, 0) is 10.8 Å². The predicted molar refractivity (Wildman–Crippen MR) is 281 cm³/mol. The molecule has 0 N–H and O–H groups in total. The fourth-order valence-corrected chi connectivity index (χ4v) is 10.5. The lowest BCUT2D eigenvalue weighted by Crippen LogP contribution is -2.15. The van der Waals surface area contributed by atoms with Gasteiger partial charge < -0.3 is 18.6 Å². The average molecular weight is 857 g/mol. The van der Waals surface area contributed by atoms with E-state index in [-0.39, 0.29) is 10.8 Å². The summed E-state index contributed by atoms with van der Waals surface area (Å²) in [6.07, 6.45) is 0. The molecule has 10 aromatic carbocycles. The van der Waals surface area contributed by atoms with Gasteiger partial charge in [-0.3, -0.25) is 0 Å². The van der Waals surface area contributed by atoms with Crippen molar-refractivity contribution in [2.75, 3.05) is 9.80 Å². The van der Waals surface area contributed by atoms with Crippen molar-refractivity contribution in [3.05, 3.63) is 192 Å². The van der Waals surface area contributed by atoms with E-state index in [1.54, 1.807) is 0 Å². The highest BCUT2D eigenvalue weighted by Crippen LogP contribution is 2.51. The van der Waals surface area contributed by atoms with Gasteiger partial charge in [-0.1, -0.05) is 163 Å². The lowest BCUT2D eigenvalue weighted by atomic mass is 9.87. The number of hydrogen-bond acceptors (Lipinski definition) is 4. The first-order chi connectivity index (χ1) is 31.8. The maximum absolute atomic E-state index is 6.85. The molecule has 0 aliphatic carbocycles. The van der Waals surface area contributed by atoms with Crippen LogP contribution in [0.1, 0.15) is 63.8 Å². The minimum atomic E-state index is 0.0136. The van der Waals surface area contributed by atoms with Gasteiger partial charge in [0.25, 0.3) is 0 Å². The van der Waals surface area contributed by atoms with Crippen LogP contribution in [0.2, 0.25) is 0 Å². The van der Waals surface area contributed by atoms with E-state index in [1.165, 1.54) is 43.4 Å². The van der Waals surface area contributed by atoms with Gasteiger partial charge in [-0.15, -0.1) is 0 Å². The fraction of sp³-hybridized carbons (Fsp3) is 0.161. The molecule has 0 radical (unpaired) electrons. The summed E-state index contributed by atoms with van der Waals surface area (Å²) in [4.78, 5) is 4.88. The molecule has 322 valence electrons. The number of anilines is 6. The molecule has 66 heavy (non-hydrogen) atoms. The summed E-state index contributed by atoms with van der Waals surface area (Å²) in [5.74, 6) is 0. The summed E-state index contributed by atoms with van der Waals surface area (Å²) in [6, 6.07) is 62.4. The lowest BCUT2D eigenvalue weighted by Gasteiger charge is -2.31. The van der Waals surface area contributed by atoms with Crippen molar-refractivity contribution in [1.82, 2.24) is 0 Å². The molecule has 0 spiro atoms. The molecule has 0 fully saturated rings. The minimum Gasteiger partial charge on any atom is -0.454 e. The monoisotopic (exact) mass is 856 g/mol. The van der Waals surface area contributed by atoms with Crippen LogP contribution in [0.15, 0.2) is 179 Å². The van der Waals surface area contributed by atoms with Gasteiger partial charge in [0.1, 0.15) is 11.2 Å². The largest absolute Gasteiger partial charge is 0.454 e. The second-order valence-electron chi connectivity index (χ2n) is 20.3. The third kappa shape index (κ3) is 6.11. The summed E-state index contributed by atoms with van der Waals surface area (Å²) < 4.78 is 13.7. The number of para-hydroxylation sites is 2. The van der Waals surface area contributed by atoms with E-state index in [9.17, 15) is 0 Å². The van der Waals surface area contributed by atoms with E-state index in [0.717, 1.165) is 89.1 Å². The van der Waals surface area contributed by atoms with Gasteiger partial charge in [-0.05, 0) is 117 Å². The molecule has 2 aromatic heterocycles. The first-order valence-electron chi connectivity index (χ1n) is 23.2. The Bertz CT molecular complexity index is 3600. The van der Waals surface area contributed by atoms with Gasteiger partial charge in [-0.25, -0.2) is 0 Å². The number of fused-ring (bicyclic) bond motifs is 6. The van der Waals surface area contributed by atoms with Crippen LogP contribution in [0, 0.1) is 13.8 Å². The molecule has 0 unspecified atom stereocenters. The topological polar surface area (TPSA) is 32.8 Å². The van der Waals surface area contributed by atoms with E-state index >= 15 is 0 Å². The summed E-state index contributed by atoms with van der Waals surface area (Å²) in [6.45, 7) is 18.0. The van der Waals surface area contributed by atoms with Crippen LogP contribution in [0.3, 0.4) is 0 Å². The van der Waals surface area contributed by atoms with Gasteiger partial charge in [0.05, 0.1) is 22.7 Å². The van der Waals surface area contributed by atoms with Crippen LogP contribution in [0.5, 0.6) is 0 Å². The average Bonchev–Trinajstić information content (AvgIpc) is 3.89. The molecule has 0 bridgehead atoms. The number of rotatable bonds is 6. The fourth-order valence-electron chi connectivity index (χ4n) is 10.5. The third-order valence-corrected chi connectivity index (χ3v) is 14.0. The molecule has 12 rings (SSSR count). The zero-order valence-corrected chi connectivity index (χ0v) is 38.9. The van der Waals surface area contributed by atoms with Crippen LogP contribution >= 0.6 is 0 Å². The molecule has 0 aliphatic rings. The molecule has 2 heterocycles. The Morgan fingerprint density at radius 2 is 0.712 bits per heavy atom. The van der Waals surface area contributed by atoms with Crippen molar-refractivity contribution in [1.29, 1.82) is 0 Å².